The number of thioether (sulfide) groups is 1. The van der Waals surface area contributed by atoms with Crippen LogP contribution in [0.4, 0.5) is 9.59 Å². The summed E-state index contributed by atoms with van der Waals surface area (Å²) < 4.78 is 9.90. The summed E-state index contributed by atoms with van der Waals surface area (Å²) in [5, 5.41) is 0. The number of carbonyl (C=O) groups is 2. The van der Waals surface area contributed by atoms with Gasteiger partial charge in [-0.2, -0.15) is 21.5 Å². The van der Waals surface area contributed by atoms with E-state index >= 15 is 0 Å². The summed E-state index contributed by atoms with van der Waals surface area (Å²) in [6.07, 6.45) is 6.36. The Bertz CT molecular complexity index is 440. The van der Waals surface area contributed by atoms with Crippen molar-refractivity contribution in [3.63, 3.8) is 0 Å². The Labute approximate surface area is 191 Å². The Hall–Kier alpha value is -1.19. The van der Waals surface area contributed by atoms with Gasteiger partial charge >= 0.3 is 12.3 Å². The first kappa shape index (κ1) is 29.8. The zero-order chi connectivity index (χ0) is 23.6. The van der Waals surface area contributed by atoms with Crippen molar-refractivity contribution in [2.24, 2.45) is 0 Å². The largest absolute Gasteiger partial charge is 0.540 e. The lowest BCUT2D eigenvalue weighted by molar-refractivity contribution is -0.318. The number of hydrogen-bond donors (Lipinski definition) is 0. The molecule has 184 valence electrons. The van der Waals surface area contributed by atoms with E-state index in [1.54, 1.807) is 0 Å². The van der Waals surface area contributed by atoms with Gasteiger partial charge in [-0.15, -0.1) is 0 Å². The summed E-state index contributed by atoms with van der Waals surface area (Å²) >= 11 is 1.46. The molecule has 0 radical (unpaired) electrons. The van der Waals surface area contributed by atoms with Gasteiger partial charge in [0, 0.05) is 11.5 Å². The zero-order valence-corrected chi connectivity index (χ0v) is 21.0. The number of unbranched alkanes of at least 4 members (excludes halogenated alkanes) is 4. The average molecular weight is 467 g/mol. The minimum Gasteiger partial charge on any atom is -0.431 e. The Morgan fingerprint density at radius 1 is 0.677 bits per heavy atom. The molecule has 31 heavy (non-hydrogen) atoms. The molecule has 0 aliphatic rings. The highest BCUT2D eigenvalue weighted by molar-refractivity contribution is 7.99. The molecule has 0 bridgehead atoms. The molecule has 0 amide bonds. The Morgan fingerprint density at radius 3 is 1.42 bits per heavy atom. The third-order valence-electron chi connectivity index (χ3n) is 4.33. The standard InChI is InChI=1S/C22H42O8S/c1-7-9-11-13-21(3,4)29-27-19(23)25-15-17-31-18-16-26-20(24)28-30-22(5,6)14-12-10-8-2/h7-18H2,1-6H3. The molecule has 0 aliphatic heterocycles. The van der Waals surface area contributed by atoms with Gasteiger partial charge in [0.2, 0.25) is 0 Å². The highest BCUT2D eigenvalue weighted by Crippen LogP contribution is 2.20. The van der Waals surface area contributed by atoms with E-state index in [1.165, 1.54) is 11.8 Å². The molecule has 0 heterocycles. The van der Waals surface area contributed by atoms with Crippen LogP contribution in [-0.2, 0) is 29.0 Å². The number of ether oxygens (including phenoxy) is 2. The van der Waals surface area contributed by atoms with Gasteiger partial charge in [0.05, 0.1) is 0 Å². The van der Waals surface area contributed by atoms with Crippen LogP contribution < -0.4 is 0 Å². The smallest absolute Gasteiger partial charge is 0.431 e. The average Bonchev–Trinajstić information content (AvgIpc) is 2.70. The quantitative estimate of drug-likeness (QED) is 0.0958. The fourth-order valence-electron chi connectivity index (χ4n) is 2.50. The second-order valence-electron chi connectivity index (χ2n) is 8.58. The molecule has 0 spiro atoms. The molecule has 0 aromatic carbocycles. The molecule has 0 saturated heterocycles. The van der Waals surface area contributed by atoms with Crippen molar-refractivity contribution < 1.29 is 38.6 Å². The van der Waals surface area contributed by atoms with Crippen LogP contribution in [0.25, 0.3) is 0 Å². The van der Waals surface area contributed by atoms with Gasteiger partial charge in [0.15, 0.2) is 0 Å². The van der Waals surface area contributed by atoms with Crippen molar-refractivity contribution >= 4 is 24.1 Å². The van der Waals surface area contributed by atoms with Crippen LogP contribution in [0, 0.1) is 0 Å². The zero-order valence-electron chi connectivity index (χ0n) is 20.2. The summed E-state index contributed by atoms with van der Waals surface area (Å²) in [5.74, 6) is 1.07. The minimum absolute atomic E-state index is 0.169. The highest BCUT2D eigenvalue weighted by atomic mass is 32.2. The first-order valence-electron chi connectivity index (χ1n) is 11.2. The van der Waals surface area contributed by atoms with Crippen LogP contribution in [-0.4, -0.2) is 48.2 Å². The first-order chi connectivity index (χ1) is 14.6. The molecule has 9 heteroatoms. The Balaban J connectivity index is 3.67. The normalized spacial score (nSPS) is 11.8. The summed E-state index contributed by atoms with van der Waals surface area (Å²) in [6, 6.07) is 0. The van der Waals surface area contributed by atoms with Crippen molar-refractivity contribution in [2.45, 2.75) is 104 Å². The van der Waals surface area contributed by atoms with E-state index in [2.05, 4.69) is 13.8 Å². The van der Waals surface area contributed by atoms with Crippen molar-refractivity contribution in [2.75, 3.05) is 24.7 Å². The third-order valence-corrected chi connectivity index (χ3v) is 5.24. The van der Waals surface area contributed by atoms with Crippen LogP contribution in [0.5, 0.6) is 0 Å². The molecule has 8 nitrogen and oxygen atoms in total. The van der Waals surface area contributed by atoms with Gasteiger partial charge in [0.1, 0.15) is 24.4 Å². The molecule has 0 rings (SSSR count). The maximum atomic E-state index is 11.6. The van der Waals surface area contributed by atoms with E-state index in [1.807, 2.05) is 27.7 Å². The molecule has 0 fully saturated rings. The summed E-state index contributed by atoms with van der Waals surface area (Å²) in [6.45, 7) is 12.1. The fraction of sp³-hybridized carbons (Fsp3) is 0.909. The minimum atomic E-state index is -0.859. The molecule has 0 saturated carbocycles. The molecule has 0 N–H and O–H groups in total. The predicted molar refractivity (Wildman–Crippen MR) is 121 cm³/mol. The fourth-order valence-corrected chi connectivity index (χ4v) is 3.10. The highest BCUT2D eigenvalue weighted by Gasteiger charge is 2.23. The lowest BCUT2D eigenvalue weighted by Crippen LogP contribution is -2.26. The molecule has 0 aromatic heterocycles. The van der Waals surface area contributed by atoms with Crippen LogP contribution in [0.1, 0.15) is 92.9 Å². The van der Waals surface area contributed by atoms with E-state index in [0.29, 0.717) is 11.5 Å². The molecule has 0 atom stereocenters. The Kier molecular flexibility index (Phi) is 16.7. The van der Waals surface area contributed by atoms with E-state index < -0.39 is 23.5 Å². The van der Waals surface area contributed by atoms with Crippen molar-refractivity contribution in [1.82, 2.24) is 0 Å². The van der Waals surface area contributed by atoms with Crippen molar-refractivity contribution in [3.8, 4) is 0 Å². The van der Waals surface area contributed by atoms with Gasteiger partial charge in [-0.05, 0) is 40.5 Å². The SMILES string of the molecule is CCCCCC(C)(C)OOC(=O)OCCSCCOC(=O)OOC(C)(C)CCCCC. The maximum Gasteiger partial charge on any atom is 0.540 e. The molecular weight excluding hydrogens is 424 g/mol. The van der Waals surface area contributed by atoms with Gasteiger partial charge in [0.25, 0.3) is 0 Å². The molecule has 0 aliphatic carbocycles. The van der Waals surface area contributed by atoms with Crippen LogP contribution in [0.15, 0.2) is 0 Å². The van der Waals surface area contributed by atoms with Gasteiger partial charge in [-0.25, -0.2) is 9.59 Å². The lowest BCUT2D eigenvalue weighted by Gasteiger charge is -2.22. The summed E-state index contributed by atoms with van der Waals surface area (Å²) in [4.78, 5) is 42.9. The van der Waals surface area contributed by atoms with Crippen molar-refractivity contribution in [3.05, 3.63) is 0 Å². The Morgan fingerprint density at radius 2 is 1.06 bits per heavy atom. The lowest BCUT2D eigenvalue weighted by atomic mass is 10.0. The second kappa shape index (κ2) is 17.4. The van der Waals surface area contributed by atoms with E-state index in [0.717, 1.165) is 51.4 Å². The third kappa shape index (κ3) is 19.2. The monoisotopic (exact) mass is 466 g/mol. The predicted octanol–water partition coefficient (Wildman–Crippen LogP) is 6.61. The summed E-state index contributed by atoms with van der Waals surface area (Å²) in [7, 11) is 0. The van der Waals surface area contributed by atoms with Crippen molar-refractivity contribution in [1.29, 1.82) is 0 Å². The molecule has 0 aromatic rings. The first-order valence-corrected chi connectivity index (χ1v) is 12.4. The topological polar surface area (TPSA) is 89.5 Å². The van der Waals surface area contributed by atoms with E-state index in [4.69, 9.17) is 29.0 Å². The van der Waals surface area contributed by atoms with Gasteiger partial charge in [-0.3, -0.25) is 9.78 Å². The van der Waals surface area contributed by atoms with E-state index in [9.17, 15) is 9.59 Å². The second-order valence-corrected chi connectivity index (χ2v) is 9.80. The maximum absolute atomic E-state index is 11.6. The number of rotatable bonds is 18. The van der Waals surface area contributed by atoms with Crippen LogP contribution >= 0.6 is 11.8 Å². The number of hydrogen-bond acceptors (Lipinski definition) is 9. The summed E-state index contributed by atoms with van der Waals surface area (Å²) in [5.41, 5.74) is -1.08. The molecule has 0 unspecified atom stereocenters. The van der Waals surface area contributed by atoms with E-state index in [-0.39, 0.29) is 13.2 Å². The molecular formula is C22H42O8S. The number of carbonyl (C=O) groups excluding carboxylic acids is 2. The van der Waals surface area contributed by atoms with Gasteiger partial charge < -0.3 is 9.47 Å². The van der Waals surface area contributed by atoms with Crippen LogP contribution in [0.2, 0.25) is 0 Å². The van der Waals surface area contributed by atoms with Gasteiger partial charge in [-0.1, -0.05) is 52.4 Å². The van der Waals surface area contributed by atoms with Crippen LogP contribution in [0.3, 0.4) is 0 Å².